The van der Waals surface area contributed by atoms with Gasteiger partial charge in [-0.05, 0) is 31.5 Å². The minimum atomic E-state index is -0.0436. The van der Waals surface area contributed by atoms with Gasteiger partial charge in [0.15, 0.2) is 11.5 Å². The summed E-state index contributed by atoms with van der Waals surface area (Å²) in [7, 11) is 0. The molecule has 138 valence electrons. The Morgan fingerprint density at radius 1 is 1.08 bits per heavy atom. The molecule has 8 nitrogen and oxygen atoms in total. The molecule has 2 aromatic rings. The second-order valence-corrected chi connectivity index (χ2v) is 5.86. The van der Waals surface area contributed by atoms with Gasteiger partial charge in [-0.25, -0.2) is 9.97 Å². The number of anilines is 2. The van der Waals surface area contributed by atoms with E-state index in [1.54, 1.807) is 0 Å². The van der Waals surface area contributed by atoms with Gasteiger partial charge in [0.2, 0.25) is 12.7 Å². The fraction of sp³-hybridized carbons (Fsp3) is 0.389. The quantitative estimate of drug-likeness (QED) is 0.619. The van der Waals surface area contributed by atoms with Gasteiger partial charge in [-0.2, -0.15) is 0 Å². The summed E-state index contributed by atoms with van der Waals surface area (Å²) >= 11 is 0. The molecule has 26 heavy (non-hydrogen) atoms. The molecular weight excluding hydrogens is 334 g/mol. The van der Waals surface area contributed by atoms with Crippen LogP contribution in [-0.2, 0) is 11.2 Å². The molecular formula is C18H23N5O3. The van der Waals surface area contributed by atoms with E-state index in [9.17, 15) is 4.79 Å². The number of ether oxygens (including phenoxy) is 2. The summed E-state index contributed by atoms with van der Waals surface area (Å²) in [6, 6.07) is 7.39. The minimum Gasteiger partial charge on any atom is -0.454 e. The first-order valence-corrected chi connectivity index (χ1v) is 8.62. The van der Waals surface area contributed by atoms with Crippen molar-refractivity contribution in [2.24, 2.45) is 0 Å². The lowest BCUT2D eigenvalue weighted by molar-refractivity contribution is -0.120. The van der Waals surface area contributed by atoms with Gasteiger partial charge >= 0.3 is 0 Å². The molecule has 0 bridgehead atoms. The molecule has 2 heterocycles. The lowest BCUT2D eigenvalue weighted by atomic mass is 10.1. The summed E-state index contributed by atoms with van der Waals surface area (Å²) in [5.74, 6) is 3.58. The summed E-state index contributed by atoms with van der Waals surface area (Å²) < 4.78 is 10.6. The number of amides is 1. The summed E-state index contributed by atoms with van der Waals surface area (Å²) in [4.78, 5) is 20.7. The summed E-state index contributed by atoms with van der Waals surface area (Å²) in [5, 5.41) is 9.25. The van der Waals surface area contributed by atoms with Crippen LogP contribution in [0.15, 0.2) is 24.3 Å². The highest BCUT2D eigenvalue weighted by molar-refractivity contribution is 5.78. The number of nitrogens with zero attached hydrogens (tertiary/aromatic N) is 2. The summed E-state index contributed by atoms with van der Waals surface area (Å²) in [5.41, 5.74) is 0.890. The Labute approximate surface area is 152 Å². The van der Waals surface area contributed by atoms with Crippen LogP contribution in [0, 0.1) is 6.92 Å². The zero-order valence-corrected chi connectivity index (χ0v) is 15.0. The van der Waals surface area contributed by atoms with Crippen molar-refractivity contribution in [1.82, 2.24) is 15.3 Å². The fourth-order valence-corrected chi connectivity index (χ4v) is 2.62. The predicted molar refractivity (Wildman–Crippen MR) is 98.7 cm³/mol. The molecule has 0 aliphatic carbocycles. The SMILES string of the molecule is CCNc1cc(NCCNC(=O)Cc2ccc3c(c2)OCO3)nc(C)n1. The van der Waals surface area contributed by atoms with Gasteiger partial charge in [-0.1, -0.05) is 6.07 Å². The highest BCUT2D eigenvalue weighted by atomic mass is 16.7. The molecule has 0 saturated carbocycles. The monoisotopic (exact) mass is 357 g/mol. The minimum absolute atomic E-state index is 0.0436. The van der Waals surface area contributed by atoms with Crippen LogP contribution in [0.4, 0.5) is 11.6 Å². The number of fused-ring (bicyclic) bond motifs is 1. The van der Waals surface area contributed by atoms with Crippen molar-refractivity contribution in [2.45, 2.75) is 20.3 Å². The zero-order valence-electron chi connectivity index (χ0n) is 15.0. The lowest BCUT2D eigenvalue weighted by Gasteiger charge is -2.10. The van der Waals surface area contributed by atoms with Crippen LogP contribution in [0.25, 0.3) is 0 Å². The van der Waals surface area contributed by atoms with Crippen molar-refractivity contribution in [1.29, 1.82) is 0 Å². The van der Waals surface area contributed by atoms with E-state index in [-0.39, 0.29) is 12.7 Å². The first kappa shape index (κ1) is 17.8. The van der Waals surface area contributed by atoms with E-state index in [0.717, 1.165) is 29.5 Å². The highest BCUT2D eigenvalue weighted by Crippen LogP contribution is 2.32. The molecule has 1 aliphatic heterocycles. The first-order chi connectivity index (χ1) is 12.6. The number of nitrogens with one attached hydrogen (secondary N) is 3. The van der Waals surface area contributed by atoms with E-state index in [1.165, 1.54) is 0 Å². The Kier molecular flexibility index (Phi) is 5.73. The van der Waals surface area contributed by atoms with Gasteiger partial charge in [-0.15, -0.1) is 0 Å². The standard InChI is InChI=1S/C18H23N5O3/c1-3-19-16-10-17(23-12(2)22-16)20-6-7-21-18(24)9-13-4-5-14-15(8-13)26-11-25-14/h4-5,8,10H,3,6-7,9,11H2,1-2H3,(H,21,24)(H2,19,20,22,23). The molecule has 0 fully saturated rings. The topological polar surface area (TPSA) is 97.4 Å². The van der Waals surface area contributed by atoms with E-state index < -0.39 is 0 Å². The van der Waals surface area contributed by atoms with Crippen LogP contribution in [0.2, 0.25) is 0 Å². The molecule has 8 heteroatoms. The van der Waals surface area contributed by atoms with Gasteiger partial charge < -0.3 is 25.4 Å². The van der Waals surface area contributed by atoms with E-state index in [2.05, 4.69) is 25.9 Å². The average molecular weight is 357 g/mol. The van der Waals surface area contributed by atoms with E-state index in [1.807, 2.05) is 38.1 Å². The van der Waals surface area contributed by atoms with Crippen LogP contribution >= 0.6 is 0 Å². The predicted octanol–water partition coefficient (Wildman–Crippen LogP) is 1.72. The third-order valence-corrected chi connectivity index (χ3v) is 3.75. The molecule has 1 aromatic heterocycles. The van der Waals surface area contributed by atoms with E-state index in [4.69, 9.17) is 9.47 Å². The molecule has 0 atom stereocenters. The van der Waals surface area contributed by atoms with Gasteiger partial charge in [0.25, 0.3) is 0 Å². The van der Waals surface area contributed by atoms with Crippen molar-refractivity contribution < 1.29 is 14.3 Å². The van der Waals surface area contributed by atoms with Crippen molar-refractivity contribution >= 4 is 17.5 Å². The number of aryl methyl sites for hydroxylation is 1. The molecule has 0 unspecified atom stereocenters. The highest BCUT2D eigenvalue weighted by Gasteiger charge is 2.14. The second kappa shape index (κ2) is 8.37. The molecule has 3 N–H and O–H groups in total. The third-order valence-electron chi connectivity index (χ3n) is 3.75. The number of benzene rings is 1. The largest absolute Gasteiger partial charge is 0.454 e. The molecule has 1 aromatic carbocycles. The van der Waals surface area contributed by atoms with Crippen LogP contribution < -0.4 is 25.4 Å². The zero-order chi connectivity index (χ0) is 18.4. The van der Waals surface area contributed by atoms with Crippen LogP contribution in [-0.4, -0.2) is 42.3 Å². The van der Waals surface area contributed by atoms with Gasteiger partial charge in [0, 0.05) is 25.7 Å². The normalized spacial score (nSPS) is 11.9. The van der Waals surface area contributed by atoms with Crippen molar-refractivity contribution in [3.8, 4) is 11.5 Å². The van der Waals surface area contributed by atoms with Crippen LogP contribution in [0.1, 0.15) is 18.3 Å². The maximum Gasteiger partial charge on any atom is 0.231 e. The van der Waals surface area contributed by atoms with Gasteiger partial charge in [-0.3, -0.25) is 4.79 Å². The Morgan fingerprint density at radius 2 is 1.85 bits per heavy atom. The number of hydrogen-bond acceptors (Lipinski definition) is 7. The van der Waals surface area contributed by atoms with Crippen LogP contribution in [0.5, 0.6) is 11.5 Å². The van der Waals surface area contributed by atoms with Crippen molar-refractivity contribution in [3.05, 3.63) is 35.7 Å². The van der Waals surface area contributed by atoms with E-state index in [0.29, 0.717) is 31.1 Å². The number of aromatic nitrogens is 2. The molecule has 0 saturated heterocycles. The number of carbonyl (C=O) groups is 1. The van der Waals surface area contributed by atoms with Crippen molar-refractivity contribution in [3.63, 3.8) is 0 Å². The Hall–Kier alpha value is -3.03. The maximum absolute atomic E-state index is 12.1. The lowest BCUT2D eigenvalue weighted by Crippen LogP contribution is -2.30. The Bertz CT molecular complexity index is 781. The number of hydrogen-bond donors (Lipinski definition) is 3. The molecule has 0 radical (unpaired) electrons. The third kappa shape index (κ3) is 4.75. The summed E-state index contributed by atoms with van der Waals surface area (Å²) in [6.45, 7) is 5.97. The van der Waals surface area contributed by atoms with Crippen molar-refractivity contribution in [2.75, 3.05) is 37.1 Å². The van der Waals surface area contributed by atoms with Gasteiger partial charge in [0.1, 0.15) is 17.5 Å². The fourth-order valence-electron chi connectivity index (χ4n) is 2.62. The Balaban J connectivity index is 1.43. The maximum atomic E-state index is 12.1. The second-order valence-electron chi connectivity index (χ2n) is 5.86. The molecule has 1 amide bonds. The molecule has 3 rings (SSSR count). The number of rotatable bonds is 8. The average Bonchev–Trinajstić information content (AvgIpc) is 3.06. The summed E-state index contributed by atoms with van der Waals surface area (Å²) in [6.07, 6.45) is 0.299. The van der Waals surface area contributed by atoms with Gasteiger partial charge in [0.05, 0.1) is 6.42 Å². The Morgan fingerprint density at radius 3 is 2.65 bits per heavy atom. The molecule has 0 spiro atoms. The smallest absolute Gasteiger partial charge is 0.231 e. The number of carbonyl (C=O) groups excluding carboxylic acids is 1. The first-order valence-electron chi connectivity index (χ1n) is 8.62. The van der Waals surface area contributed by atoms with E-state index >= 15 is 0 Å². The van der Waals surface area contributed by atoms with Crippen LogP contribution in [0.3, 0.4) is 0 Å². The molecule has 1 aliphatic rings.